The van der Waals surface area contributed by atoms with Gasteiger partial charge in [-0.3, -0.25) is 0 Å². The fourth-order valence-electron chi connectivity index (χ4n) is 2.48. The molecule has 0 aliphatic carbocycles. The standard InChI is InChI=1S/C17H19FO2/c1-11-8-12(2)17(16(9-11)20-3)15(19)10-13-4-6-14(18)7-5-13/h4-9,15,19H,10H2,1-3H3. The zero-order chi connectivity index (χ0) is 14.7. The van der Waals surface area contributed by atoms with Crippen molar-refractivity contribution in [2.24, 2.45) is 0 Å². The molecule has 0 radical (unpaired) electrons. The Bertz CT molecular complexity index is 591. The largest absolute Gasteiger partial charge is 0.496 e. The minimum Gasteiger partial charge on any atom is -0.496 e. The van der Waals surface area contributed by atoms with E-state index in [2.05, 4.69) is 0 Å². The van der Waals surface area contributed by atoms with Crippen LogP contribution < -0.4 is 4.74 Å². The Balaban J connectivity index is 2.29. The Morgan fingerprint density at radius 2 is 1.80 bits per heavy atom. The SMILES string of the molecule is COc1cc(C)cc(C)c1C(O)Cc1ccc(F)cc1. The molecule has 0 spiro atoms. The maximum atomic E-state index is 12.9. The lowest BCUT2D eigenvalue weighted by atomic mass is 9.95. The number of ether oxygens (including phenoxy) is 1. The second-order valence-electron chi connectivity index (χ2n) is 5.04. The number of methoxy groups -OCH3 is 1. The molecule has 0 bridgehead atoms. The van der Waals surface area contributed by atoms with Gasteiger partial charge >= 0.3 is 0 Å². The van der Waals surface area contributed by atoms with Gasteiger partial charge in [0.1, 0.15) is 11.6 Å². The monoisotopic (exact) mass is 274 g/mol. The number of benzene rings is 2. The molecule has 1 N–H and O–H groups in total. The van der Waals surface area contributed by atoms with E-state index in [9.17, 15) is 9.50 Å². The third-order valence-corrected chi connectivity index (χ3v) is 3.39. The van der Waals surface area contributed by atoms with E-state index in [1.807, 2.05) is 26.0 Å². The molecule has 0 aromatic heterocycles. The number of halogens is 1. The van der Waals surface area contributed by atoms with Crippen LogP contribution in [0.4, 0.5) is 4.39 Å². The summed E-state index contributed by atoms with van der Waals surface area (Å²) < 4.78 is 18.3. The van der Waals surface area contributed by atoms with Gasteiger partial charge in [-0.2, -0.15) is 0 Å². The predicted octanol–water partition coefficient (Wildman–Crippen LogP) is 3.73. The van der Waals surface area contributed by atoms with Gasteiger partial charge in [-0.05, 0) is 48.7 Å². The van der Waals surface area contributed by atoms with Crippen LogP contribution in [0.15, 0.2) is 36.4 Å². The third kappa shape index (κ3) is 3.17. The Hall–Kier alpha value is -1.87. The zero-order valence-electron chi connectivity index (χ0n) is 12.0. The van der Waals surface area contributed by atoms with Crippen molar-refractivity contribution in [2.45, 2.75) is 26.4 Å². The number of aliphatic hydroxyl groups excluding tert-OH is 1. The lowest BCUT2D eigenvalue weighted by Crippen LogP contribution is -2.07. The van der Waals surface area contributed by atoms with Gasteiger partial charge in [0.25, 0.3) is 0 Å². The Morgan fingerprint density at radius 3 is 2.40 bits per heavy atom. The van der Waals surface area contributed by atoms with Crippen LogP contribution >= 0.6 is 0 Å². The van der Waals surface area contributed by atoms with Crippen LogP contribution in [-0.2, 0) is 6.42 Å². The van der Waals surface area contributed by atoms with Gasteiger partial charge in [-0.1, -0.05) is 18.2 Å². The van der Waals surface area contributed by atoms with E-state index in [1.165, 1.54) is 12.1 Å². The molecule has 20 heavy (non-hydrogen) atoms. The van der Waals surface area contributed by atoms with Gasteiger partial charge in [-0.15, -0.1) is 0 Å². The lowest BCUT2D eigenvalue weighted by molar-refractivity contribution is 0.173. The molecule has 1 atom stereocenters. The van der Waals surface area contributed by atoms with Crippen LogP contribution in [-0.4, -0.2) is 12.2 Å². The van der Waals surface area contributed by atoms with Crippen molar-refractivity contribution >= 4 is 0 Å². The fourth-order valence-corrected chi connectivity index (χ4v) is 2.48. The summed E-state index contributed by atoms with van der Waals surface area (Å²) in [6, 6.07) is 10.1. The zero-order valence-corrected chi connectivity index (χ0v) is 12.0. The first kappa shape index (κ1) is 14.5. The van der Waals surface area contributed by atoms with Gasteiger partial charge in [0, 0.05) is 12.0 Å². The van der Waals surface area contributed by atoms with Crippen LogP contribution in [0.1, 0.15) is 28.4 Å². The smallest absolute Gasteiger partial charge is 0.125 e. The fraction of sp³-hybridized carbons (Fsp3) is 0.294. The molecule has 0 aliphatic heterocycles. The summed E-state index contributed by atoms with van der Waals surface area (Å²) in [5.41, 5.74) is 3.77. The van der Waals surface area contributed by atoms with Crippen molar-refractivity contribution in [3.63, 3.8) is 0 Å². The van der Waals surface area contributed by atoms with Crippen LogP contribution in [0.5, 0.6) is 5.75 Å². The molecule has 0 aliphatic rings. The van der Waals surface area contributed by atoms with E-state index >= 15 is 0 Å². The summed E-state index contributed by atoms with van der Waals surface area (Å²) >= 11 is 0. The molecule has 1 unspecified atom stereocenters. The molecule has 2 aromatic carbocycles. The number of hydrogen-bond donors (Lipinski definition) is 1. The molecular formula is C17H19FO2. The average molecular weight is 274 g/mol. The van der Waals surface area contributed by atoms with E-state index in [1.54, 1.807) is 19.2 Å². The maximum Gasteiger partial charge on any atom is 0.125 e. The normalized spacial score (nSPS) is 12.2. The van der Waals surface area contributed by atoms with Gasteiger partial charge in [0.15, 0.2) is 0 Å². The van der Waals surface area contributed by atoms with Crippen molar-refractivity contribution in [2.75, 3.05) is 7.11 Å². The second kappa shape index (κ2) is 6.06. The van der Waals surface area contributed by atoms with Crippen LogP contribution in [0.3, 0.4) is 0 Å². The van der Waals surface area contributed by atoms with Crippen LogP contribution in [0, 0.1) is 19.7 Å². The van der Waals surface area contributed by atoms with Crippen molar-refractivity contribution in [1.82, 2.24) is 0 Å². The topological polar surface area (TPSA) is 29.5 Å². The first-order valence-corrected chi connectivity index (χ1v) is 6.59. The van der Waals surface area contributed by atoms with Gasteiger partial charge < -0.3 is 9.84 Å². The highest BCUT2D eigenvalue weighted by Gasteiger charge is 2.17. The quantitative estimate of drug-likeness (QED) is 0.920. The summed E-state index contributed by atoms with van der Waals surface area (Å²) in [6.07, 6.45) is -0.239. The van der Waals surface area contributed by atoms with Crippen molar-refractivity contribution in [3.05, 3.63) is 64.5 Å². The number of rotatable bonds is 4. The first-order chi connectivity index (χ1) is 9.51. The van der Waals surface area contributed by atoms with E-state index < -0.39 is 6.10 Å². The molecule has 0 heterocycles. The van der Waals surface area contributed by atoms with Crippen molar-refractivity contribution in [1.29, 1.82) is 0 Å². The number of aryl methyl sites for hydroxylation is 2. The van der Waals surface area contributed by atoms with Crippen molar-refractivity contribution in [3.8, 4) is 5.75 Å². The van der Waals surface area contributed by atoms with Crippen molar-refractivity contribution < 1.29 is 14.2 Å². The molecule has 106 valence electrons. The first-order valence-electron chi connectivity index (χ1n) is 6.59. The molecule has 0 saturated carbocycles. The Morgan fingerprint density at radius 1 is 1.15 bits per heavy atom. The maximum absolute atomic E-state index is 12.9. The molecule has 2 aromatic rings. The highest BCUT2D eigenvalue weighted by molar-refractivity contribution is 5.45. The molecule has 2 nitrogen and oxygen atoms in total. The Labute approximate surface area is 118 Å². The summed E-state index contributed by atoms with van der Waals surface area (Å²) in [5.74, 6) is 0.421. The highest BCUT2D eigenvalue weighted by atomic mass is 19.1. The Kier molecular flexibility index (Phi) is 4.40. The molecular weight excluding hydrogens is 255 g/mol. The van der Waals surface area contributed by atoms with E-state index in [-0.39, 0.29) is 5.82 Å². The third-order valence-electron chi connectivity index (χ3n) is 3.39. The summed E-state index contributed by atoms with van der Waals surface area (Å²) in [6.45, 7) is 3.95. The van der Waals surface area contributed by atoms with E-state index in [4.69, 9.17) is 4.74 Å². The molecule has 0 saturated heterocycles. The lowest BCUT2D eigenvalue weighted by Gasteiger charge is -2.18. The highest BCUT2D eigenvalue weighted by Crippen LogP contribution is 2.31. The summed E-state index contributed by atoms with van der Waals surface area (Å²) in [7, 11) is 1.60. The minimum atomic E-state index is -0.670. The molecule has 2 rings (SSSR count). The van der Waals surface area contributed by atoms with Gasteiger partial charge in [0.2, 0.25) is 0 Å². The predicted molar refractivity (Wildman–Crippen MR) is 77.5 cm³/mol. The van der Waals surface area contributed by atoms with Gasteiger partial charge in [-0.25, -0.2) is 4.39 Å². The summed E-state index contributed by atoms with van der Waals surface area (Å²) in [4.78, 5) is 0. The average Bonchev–Trinajstić information content (AvgIpc) is 2.40. The van der Waals surface area contributed by atoms with Crippen LogP contribution in [0.2, 0.25) is 0 Å². The molecule has 0 fully saturated rings. The number of hydrogen-bond acceptors (Lipinski definition) is 2. The second-order valence-corrected chi connectivity index (χ2v) is 5.04. The van der Waals surface area contributed by atoms with Gasteiger partial charge in [0.05, 0.1) is 13.2 Å². The van der Waals surface area contributed by atoms with E-state index in [0.717, 1.165) is 22.3 Å². The molecule has 0 amide bonds. The minimum absolute atomic E-state index is 0.271. The van der Waals surface area contributed by atoms with E-state index in [0.29, 0.717) is 12.2 Å². The van der Waals surface area contributed by atoms with Crippen LogP contribution in [0.25, 0.3) is 0 Å². The summed E-state index contributed by atoms with van der Waals surface area (Å²) in [5, 5.41) is 10.5. The number of aliphatic hydroxyl groups is 1. The molecule has 3 heteroatoms.